The molecule has 8 heteroatoms. The van der Waals surface area contributed by atoms with Crippen LogP contribution in [0.15, 0.2) is 42.6 Å². The zero-order chi connectivity index (χ0) is 21.0. The molecule has 3 aromatic rings. The van der Waals surface area contributed by atoms with Gasteiger partial charge in [0, 0.05) is 41.9 Å². The molecule has 0 spiro atoms. The van der Waals surface area contributed by atoms with E-state index in [-0.39, 0.29) is 5.75 Å². The van der Waals surface area contributed by atoms with Crippen molar-refractivity contribution in [2.45, 2.75) is 30.8 Å². The van der Waals surface area contributed by atoms with Gasteiger partial charge in [0.1, 0.15) is 5.75 Å². The second-order valence-electron chi connectivity index (χ2n) is 8.83. The third-order valence-corrected chi connectivity index (χ3v) is 6.79. The average Bonchev–Trinajstić information content (AvgIpc) is 3.59. The average molecular weight is 416 g/mol. The molecule has 0 radical (unpaired) electrons. The van der Waals surface area contributed by atoms with Gasteiger partial charge >= 0.3 is 0 Å². The van der Waals surface area contributed by atoms with Crippen LogP contribution in [0.5, 0.6) is 11.6 Å². The van der Waals surface area contributed by atoms with Crippen molar-refractivity contribution >= 4 is 5.82 Å². The topological polar surface area (TPSA) is 96.3 Å². The van der Waals surface area contributed by atoms with Crippen LogP contribution in [0.2, 0.25) is 0 Å². The first-order chi connectivity index (χ1) is 15.1. The Morgan fingerprint density at radius 3 is 2.68 bits per heavy atom. The molecule has 3 aliphatic rings. The molecule has 6 rings (SSSR count). The highest BCUT2D eigenvalue weighted by molar-refractivity contribution is 5.74. The van der Waals surface area contributed by atoms with Gasteiger partial charge in [0.15, 0.2) is 5.82 Å². The van der Waals surface area contributed by atoms with E-state index in [1.807, 2.05) is 24.3 Å². The van der Waals surface area contributed by atoms with Gasteiger partial charge in [0.05, 0.1) is 19.0 Å². The summed E-state index contributed by atoms with van der Waals surface area (Å²) < 4.78 is 5.13. The van der Waals surface area contributed by atoms with E-state index in [1.54, 1.807) is 25.4 Å². The van der Waals surface area contributed by atoms with Gasteiger partial charge in [-0.1, -0.05) is 6.07 Å². The lowest BCUT2D eigenvalue weighted by Crippen LogP contribution is -2.37. The summed E-state index contributed by atoms with van der Waals surface area (Å²) in [6.45, 7) is 1.97. The van der Waals surface area contributed by atoms with E-state index in [0.717, 1.165) is 42.4 Å². The number of hydrogen-bond acceptors (Lipinski definition) is 8. The Hall–Kier alpha value is -3.26. The fourth-order valence-electron chi connectivity index (χ4n) is 4.60. The van der Waals surface area contributed by atoms with E-state index in [4.69, 9.17) is 4.74 Å². The van der Waals surface area contributed by atoms with Gasteiger partial charge in [-0.05, 0) is 55.0 Å². The Bertz CT molecular complexity index is 1130. The number of hydrogen-bond donors (Lipinski definition) is 2. The fourth-order valence-corrected chi connectivity index (χ4v) is 4.60. The summed E-state index contributed by atoms with van der Waals surface area (Å²) in [4.78, 5) is 2.29. The maximum absolute atomic E-state index is 10.6. The highest BCUT2D eigenvalue weighted by Gasteiger charge is 2.70. The quantitative estimate of drug-likeness (QED) is 0.633. The summed E-state index contributed by atoms with van der Waals surface area (Å²) in [6.07, 6.45) is 5.52. The first kappa shape index (κ1) is 18.5. The van der Waals surface area contributed by atoms with Crippen LogP contribution in [0, 0.1) is 5.92 Å². The zero-order valence-electron chi connectivity index (χ0n) is 17.3. The molecule has 8 nitrogen and oxygen atoms in total. The standard InChI is InChI=1S/C23H24N6O2/c1-31-22-9-15(12-24-28-22)14-2-3-18(20(30)8-14)19-4-5-21(27-26-19)29-7-6-17(13-29)25-23-10-16(23)11-23/h2-5,8-9,12,16-17,25,30H,6-7,10-11,13H2,1H3. The minimum Gasteiger partial charge on any atom is -0.507 e. The van der Waals surface area contributed by atoms with Crippen LogP contribution in [0.25, 0.3) is 22.4 Å². The number of ether oxygens (including phenoxy) is 1. The molecule has 1 saturated heterocycles. The van der Waals surface area contributed by atoms with Crippen LogP contribution in [0.3, 0.4) is 0 Å². The zero-order valence-corrected chi connectivity index (χ0v) is 17.3. The monoisotopic (exact) mass is 416 g/mol. The van der Waals surface area contributed by atoms with Crippen LogP contribution in [-0.4, -0.2) is 57.3 Å². The number of aromatic nitrogens is 4. The molecule has 2 aliphatic carbocycles. The largest absolute Gasteiger partial charge is 0.507 e. The Morgan fingerprint density at radius 1 is 1.10 bits per heavy atom. The van der Waals surface area contributed by atoms with E-state index in [9.17, 15) is 5.11 Å². The molecule has 1 aromatic carbocycles. The molecule has 1 aliphatic heterocycles. The number of nitrogens with zero attached hydrogens (tertiary/aromatic N) is 5. The Labute approximate surface area is 180 Å². The van der Waals surface area contributed by atoms with E-state index in [0.29, 0.717) is 28.7 Å². The molecule has 3 fully saturated rings. The summed E-state index contributed by atoms with van der Waals surface area (Å²) in [6, 6.07) is 11.7. The number of aromatic hydroxyl groups is 1. The molecule has 31 heavy (non-hydrogen) atoms. The van der Waals surface area contributed by atoms with Crippen LogP contribution in [0.4, 0.5) is 5.82 Å². The van der Waals surface area contributed by atoms with Crippen molar-refractivity contribution in [3.8, 4) is 34.0 Å². The number of anilines is 1. The van der Waals surface area contributed by atoms with Gasteiger partial charge in [-0.2, -0.15) is 5.10 Å². The minimum atomic E-state index is 0.142. The Kier molecular flexibility index (Phi) is 4.11. The molecule has 0 bridgehead atoms. The lowest BCUT2D eigenvalue weighted by atomic mass is 10.0. The first-order valence-electron chi connectivity index (χ1n) is 10.7. The van der Waals surface area contributed by atoms with Gasteiger partial charge in [0.2, 0.25) is 5.88 Å². The number of phenols is 1. The molecular weight excluding hydrogens is 392 g/mol. The summed E-state index contributed by atoms with van der Waals surface area (Å²) in [5, 5.41) is 31.1. The predicted molar refractivity (Wildman–Crippen MR) is 116 cm³/mol. The van der Waals surface area contributed by atoms with Gasteiger partial charge in [0.25, 0.3) is 0 Å². The Balaban J connectivity index is 1.17. The van der Waals surface area contributed by atoms with Crippen molar-refractivity contribution in [3.63, 3.8) is 0 Å². The van der Waals surface area contributed by atoms with E-state index >= 15 is 0 Å². The summed E-state index contributed by atoms with van der Waals surface area (Å²) >= 11 is 0. The molecule has 1 atom stereocenters. The predicted octanol–water partition coefficient (Wildman–Crippen LogP) is 2.65. The van der Waals surface area contributed by atoms with E-state index in [2.05, 4.69) is 30.6 Å². The number of fused-ring (bicyclic) bond motifs is 1. The Morgan fingerprint density at radius 2 is 1.97 bits per heavy atom. The number of phenolic OH excluding ortho intramolecular Hbond substituents is 1. The SMILES string of the molecule is COc1cc(-c2ccc(-c3ccc(N4CCC(NC56CC5C6)C4)nn3)c(O)c2)cnn1. The number of nitrogens with one attached hydrogen (secondary N) is 1. The summed E-state index contributed by atoms with van der Waals surface area (Å²) in [7, 11) is 1.55. The second kappa shape index (κ2) is 6.88. The highest BCUT2D eigenvalue weighted by atomic mass is 16.5. The molecule has 2 N–H and O–H groups in total. The smallest absolute Gasteiger partial charge is 0.233 e. The van der Waals surface area contributed by atoms with Crippen LogP contribution < -0.4 is 15.0 Å². The molecule has 2 aromatic heterocycles. The highest BCUT2D eigenvalue weighted by Crippen LogP contribution is 2.67. The molecule has 158 valence electrons. The van der Waals surface area contributed by atoms with Crippen molar-refractivity contribution in [2.24, 2.45) is 5.92 Å². The summed E-state index contributed by atoms with van der Waals surface area (Å²) in [5.74, 6) is 2.41. The molecule has 2 saturated carbocycles. The maximum atomic E-state index is 10.6. The lowest BCUT2D eigenvalue weighted by molar-refractivity contribution is 0.392. The van der Waals surface area contributed by atoms with E-state index in [1.165, 1.54) is 12.8 Å². The maximum Gasteiger partial charge on any atom is 0.233 e. The molecule has 1 unspecified atom stereocenters. The van der Waals surface area contributed by atoms with Gasteiger partial charge in [-0.15, -0.1) is 15.3 Å². The third kappa shape index (κ3) is 3.37. The third-order valence-electron chi connectivity index (χ3n) is 6.79. The fraction of sp³-hybridized carbons (Fsp3) is 0.391. The number of rotatable bonds is 6. The van der Waals surface area contributed by atoms with Crippen molar-refractivity contribution in [1.29, 1.82) is 0 Å². The van der Waals surface area contributed by atoms with Gasteiger partial charge < -0.3 is 20.1 Å². The first-order valence-corrected chi connectivity index (χ1v) is 10.7. The number of benzene rings is 1. The van der Waals surface area contributed by atoms with Crippen LogP contribution in [0.1, 0.15) is 19.3 Å². The van der Waals surface area contributed by atoms with Crippen LogP contribution in [-0.2, 0) is 0 Å². The minimum absolute atomic E-state index is 0.142. The van der Waals surface area contributed by atoms with Crippen LogP contribution >= 0.6 is 0 Å². The van der Waals surface area contributed by atoms with Gasteiger partial charge in [-0.25, -0.2) is 0 Å². The lowest BCUT2D eigenvalue weighted by Gasteiger charge is -2.18. The van der Waals surface area contributed by atoms with Crippen molar-refractivity contribution < 1.29 is 9.84 Å². The molecule has 0 amide bonds. The summed E-state index contributed by atoms with van der Waals surface area (Å²) in [5.41, 5.74) is 3.44. The molecule has 3 heterocycles. The number of methoxy groups -OCH3 is 1. The normalized spacial score (nSPS) is 25.9. The second-order valence-corrected chi connectivity index (χ2v) is 8.83. The van der Waals surface area contributed by atoms with Crippen molar-refractivity contribution in [3.05, 3.63) is 42.6 Å². The van der Waals surface area contributed by atoms with Crippen molar-refractivity contribution in [2.75, 3.05) is 25.1 Å². The van der Waals surface area contributed by atoms with Gasteiger partial charge in [-0.3, -0.25) is 0 Å². The molecular formula is C23H24N6O2. The van der Waals surface area contributed by atoms with E-state index < -0.39 is 0 Å². The van der Waals surface area contributed by atoms with Crippen molar-refractivity contribution in [1.82, 2.24) is 25.7 Å².